The highest BCUT2D eigenvalue weighted by Crippen LogP contribution is 2.30. The van der Waals surface area contributed by atoms with Crippen LogP contribution in [-0.4, -0.2) is 12.5 Å². The summed E-state index contributed by atoms with van der Waals surface area (Å²) in [4.78, 5) is 12.6. The molecular formula is C13H13NO2S. The number of hydrogen-bond acceptors (Lipinski definition) is 3. The van der Waals surface area contributed by atoms with Crippen molar-refractivity contribution in [3.63, 3.8) is 0 Å². The molecule has 4 heteroatoms. The molecule has 0 saturated carbocycles. The van der Waals surface area contributed by atoms with Crippen molar-refractivity contribution in [2.24, 2.45) is 5.73 Å². The monoisotopic (exact) mass is 247 g/mol. The SMILES string of the molecule is CCOc1cccc(-c2ccc(C(N)=O)s2)c1. The number of benzene rings is 1. The lowest BCUT2D eigenvalue weighted by Crippen LogP contribution is -2.07. The Morgan fingerprint density at radius 1 is 1.35 bits per heavy atom. The van der Waals surface area contributed by atoms with Crippen molar-refractivity contribution >= 4 is 17.2 Å². The first-order valence-electron chi connectivity index (χ1n) is 5.33. The van der Waals surface area contributed by atoms with E-state index in [-0.39, 0.29) is 5.91 Å². The second-order valence-electron chi connectivity index (χ2n) is 3.49. The van der Waals surface area contributed by atoms with Crippen LogP contribution in [0.15, 0.2) is 36.4 Å². The van der Waals surface area contributed by atoms with E-state index in [4.69, 9.17) is 10.5 Å². The lowest BCUT2D eigenvalue weighted by Gasteiger charge is -2.04. The first-order chi connectivity index (χ1) is 8.20. The Hall–Kier alpha value is -1.81. The third-order valence-electron chi connectivity index (χ3n) is 2.28. The van der Waals surface area contributed by atoms with Crippen LogP contribution in [0.2, 0.25) is 0 Å². The molecule has 1 heterocycles. The van der Waals surface area contributed by atoms with Gasteiger partial charge in [0.25, 0.3) is 5.91 Å². The second kappa shape index (κ2) is 5.01. The standard InChI is InChI=1S/C13H13NO2S/c1-2-16-10-5-3-4-9(8-10)11-6-7-12(17-11)13(14)15/h3-8H,2H2,1H3,(H2,14,15). The Morgan fingerprint density at radius 3 is 2.82 bits per heavy atom. The quantitative estimate of drug-likeness (QED) is 0.903. The number of nitrogens with two attached hydrogens (primary N) is 1. The molecule has 1 aromatic carbocycles. The molecule has 0 fully saturated rings. The minimum Gasteiger partial charge on any atom is -0.494 e. The van der Waals surface area contributed by atoms with E-state index >= 15 is 0 Å². The summed E-state index contributed by atoms with van der Waals surface area (Å²) < 4.78 is 5.44. The molecule has 17 heavy (non-hydrogen) atoms. The zero-order chi connectivity index (χ0) is 12.3. The molecular weight excluding hydrogens is 234 g/mol. The van der Waals surface area contributed by atoms with Gasteiger partial charge in [0.15, 0.2) is 0 Å². The van der Waals surface area contributed by atoms with Crippen LogP contribution in [0.4, 0.5) is 0 Å². The summed E-state index contributed by atoms with van der Waals surface area (Å²) in [7, 11) is 0. The number of amides is 1. The molecule has 1 amide bonds. The summed E-state index contributed by atoms with van der Waals surface area (Å²) in [5.41, 5.74) is 6.27. The fourth-order valence-corrected chi connectivity index (χ4v) is 2.39. The summed E-state index contributed by atoms with van der Waals surface area (Å²) >= 11 is 1.39. The highest BCUT2D eigenvalue weighted by atomic mass is 32.1. The topological polar surface area (TPSA) is 52.3 Å². The average molecular weight is 247 g/mol. The van der Waals surface area contributed by atoms with Gasteiger partial charge in [0.1, 0.15) is 5.75 Å². The van der Waals surface area contributed by atoms with E-state index in [2.05, 4.69) is 0 Å². The van der Waals surface area contributed by atoms with Gasteiger partial charge in [-0.1, -0.05) is 12.1 Å². The van der Waals surface area contributed by atoms with Gasteiger partial charge < -0.3 is 10.5 Å². The Balaban J connectivity index is 2.31. The van der Waals surface area contributed by atoms with Crippen molar-refractivity contribution in [2.45, 2.75) is 6.92 Å². The number of carbonyl (C=O) groups is 1. The van der Waals surface area contributed by atoms with E-state index in [1.165, 1.54) is 11.3 Å². The van der Waals surface area contributed by atoms with E-state index in [0.29, 0.717) is 11.5 Å². The summed E-state index contributed by atoms with van der Waals surface area (Å²) in [6.45, 7) is 2.59. The first-order valence-corrected chi connectivity index (χ1v) is 6.15. The van der Waals surface area contributed by atoms with E-state index < -0.39 is 0 Å². The van der Waals surface area contributed by atoms with Gasteiger partial charge in [-0.3, -0.25) is 4.79 Å². The van der Waals surface area contributed by atoms with Crippen molar-refractivity contribution in [3.05, 3.63) is 41.3 Å². The maximum atomic E-state index is 11.0. The van der Waals surface area contributed by atoms with Gasteiger partial charge in [-0.25, -0.2) is 0 Å². The normalized spacial score (nSPS) is 10.2. The van der Waals surface area contributed by atoms with Crippen molar-refractivity contribution in [1.29, 1.82) is 0 Å². The van der Waals surface area contributed by atoms with Crippen molar-refractivity contribution in [3.8, 4) is 16.2 Å². The molecule has 2 aromatic rings. The van der Waals surface area contributed by atoms with Crippen LogP contribution in [0.3, 0.4) is 0 Å². The average Bonchev–Trinajstić information content (AvgIpc) is 2.79. The molecule has 0 radical (unpaired) electrons. The first kappa shape index (κ1) is 11.7. The molecule has 0 aliphatic carbocycles. The minimum atomic E-state index is -0.387. The molecule has 0 spiro atoms. The van der Waals surface area contributed by atoms with Gasteiger partial charge in [-0.15, -0.1) is 11.3 Å². The van der Waals surface area contributed by atoms with E-state index in [1.54, 1.807) is 6.07 Å². The third-order valence-corrected chi connectivity index (χ3v) is 3.43. The Morgan fingerprint density at radius 2 is 2.18 bits per heavy atom. The molecule has 88 valence electrons. The van der Waals surface area contributed by atoms with Gasteiger partial charge in [-0.2, -0.15) is 0 Å². The number of rotatable bonds is 4. The predicted molar refractivity (Wildman–Crippen MR) is 69.4 cm³/mol. The van der Waals surface area contributed by atoms with E-state index in [9.17, 15) is 4.79 Å². The minimum absolute atomic E-state index is 0.387. The van der Waals surface area contributed by atoms with Crippen LogP contribution in [0.1, 0.15) is 16.6 Å². The Labute approximate surface area is 104 Å². The smallest absolute Gasteiger partial charge is 0.258 e. The van der Waals surface area contributed by atoms with Gasteiger partial charge >= 0.3 is 0 Å². The summed E-state index contributed by atoms with van der Waals surface area (Å²) in [6.07, 6.45) is 0. The molecule has 1 aromatic heterocycles. The molecule has 2 N–H and O–H groups in total. The maximum absolute atomic E-state index is 11.0. The van der Waals surface area contributed by atoms with Crippen LogP contribution >= 0.6 is 11.3 Å². The van der Waals surface area contributed by atoms with Crippen molar-refractivity contribution in [2.75, 3.05) is 6.61 Å². The Kier molecular flexibility index (Phi) is 3.44. The van der Waals surface area contributed by atoms with Crippen LogP contribution in [0, 0.1) is 0 Å². The van der Waals surface area contributed by atoms with E-state index in [0.717, 1.165) is 16.2 Å². The zero-order valence-electron chi connectivity index (χ0n) is 9.47. The van der Waals surface area contributed by atoms with Gasteiger partial charge in [0, 0.05) is 4.88 Å². The fraction of sp³-hybridized carbons (Fsp3) is 0.154. The summed E-state index contributed by atoms with van der Waals surface area (Å²) in [5.74, 6) is 0.446. The zero-order valence-corrected chi connectivity index (χ0v) is 10.3. The second-order valence-corrected chi connectivity index (χ2v) is 4.57. The van der Waals surface area contributed by atoms with Crippen molar-refractivity contribution < 1.29 is 9.53 Å². The lowest BCUT2D eigenvalue weighted by atomic mass is 10.2. The van der Waals surface area contributed by atoms with E-state index in [1.807, 2.05) is 37.3 Å². The predicted octanol–water partition coefficient (Wildman–Crippen LogP) is 2.91. The number of ether oxygens (including phenoxy) is 1. The molecule has 3 nitrogen and oxygen atoms in total. The molecule has 0 aliphatic rings. The number of primary amides is 1. The van der Waals surface area contributed by atoms with Crippen LogP contribution < -0.4 is 10.5 Å². The molecule has 0 bridgehead atoms. The molecule has 0 unspecified atom stereocenters. The van der Waals surface area contributed by atoms with Gasteiger partial charge in [0.05, 0.1) is 11.5 Å². The van der Waals surface area contributed by atoms with Crippen LogP contribution in [0.5, 0.6) is 5.75 Å². The molecule has 0 aliphatic heterocycles. The number of carbonyl (C=O) groups excluding carboxylic acids is 1. The molecule has 2 rings (SSSR count). The Bertz CT molecular complexity index is 534. The van der Waals surface area contributed by atoms with Crippen LogP contribution in [0.25, 0.3) is 10.4 Å². The van der Waals surface area contributed by atoms with Gasteiger partial charge in [-0.05, 0) is 36.8 Å². The number of thiophene rings is 1. The number of hydrogen-bond donors (Lipinski definition) is 1. The largest absolute Gasteiger partial charge is 0.494 e. The molecule has 0 saturated heterocycles. The third kappa shape index (κ3) is 2.65. The highest BCUT2D eigenvalue weighted by molar-refractivity contribution is 7.17. The highest BCUT2D eigenvalue weighted by Gasteiger charge is 2.07. The van der Waals surface area contributed by atoms with Crippen molar-refractivity contribution in [1.82, 2.24) is 0 Å². The molecule has 0 atom stereocenters. The summed E-state index contributed by atoms with van der Waals surface area (Å²) in [6, 6.07) is 11.4. The van der Waals surface area contributed by atoms with Crippen LogP contribution in [-0.2, 0) is 0 Å². The summed E-state index contributed by atoms with van der Waals surface area (Å²) in [5, 5.41) is 0. The van der Waals surface area contributed by atoms with Gasteiger partial charge in [0.2, 0.25) is 0 Å². The maximum Gasteiger partial charge on any atom is 0.258 e. The fourth-order valence-electron chi connectivity index (χ4n) is 1.53. The lowest BCUT2D eigenvalue weighted by molar-refractivity contribution is 0.100.